The van der Waals surface area contributed by atoms with Gasteiger partial charge < -0.3 is 4.74 Å². The van der Waals surface area contributed by atoms with Crippen molar-refractivity contribution >= 4 is 41.1 Å². The van der Waals surface area contributed by atoms with Crippen molar-refractivity contribution in [2.24, 2.45) is 0 Å². The van der Waals surface area contributed by atoms with Gasteiger partial charge in [0.25, 0.3) is 0 Å². The molecule has 0 aliphatic rings. The van der Waals surface area contributed by atoms with Crippen molar-refractivity contribution in [2.75, 3.05) is 0 Å². The number of thiophene rings is 1. The number of rotatable bonds is 4. The van der Waals surface area contributed by atoms with E-state index in [-0.39, 0.29) is 0 Å². The molecule has 5 nitrogen and oxygen atoms in total. The van der Waals surface area contributed by atoms with Crippen LogP contribution in [0.25, 0.3) is 10.7 Å². The van der Waals surface area contributed by atoms with Crippen LogP contribution in [-0.2, 0) is 4.79 Å². The van der Waals surface area contributed by atoms with E-state index in [9.17, 15) is 4.79 Å². The van der Waals surface area contributed by atoms with E-state index in [0.717, 1.165) is 10.4 Å². The third-order valence-corrected chi connectivity index (χ3v) is 4.91. The molecule has 0 amide bonds. The lowest BCUT2D eigenvalue weighted by atomic mass is 10.2. The molecule has 0 aliphatic heterocycles. The van der Waals surface area contributed by atoms with Crippen molar-refractivity contribution in [3.8, 4) is 16.5 Å². The number of halogens is 1. The van der Waals surface area contributed by atoms with Crippen LogP contribution in [0.4, 0.5) is 0 Å². The number of carbonyl (C=O) groups is 1. The summed E-state index contributed by atoms with van der Waals surface area (Å²) in [6, 6.07) is 8.33. The fourth-order valence-corrected chi connectivity index (χ4v) is 3.50. The molecule has 0 bridgehead atoms. The average Bonchev–Trinajstić information content (AvgIpc) is 3.18. The third kappa shape index (κ3) is 3.28. The predicted molar refractivity (Wildman–Crippen MR) is 97.3 cm³/mol. The van der Waals surface area contributed by atoms with E-state index in [2.05, 4.69) is 10.2 Å². The van der Waals surface area contributed by atoms with Gasteiger partial charge in [-0.25, -0.2) is 4.79 Å². The molecular weight excluding hydrogens is 366 g/mol. The predicted octanol–water partition coefficient (Wildman–Crippen LogP) is 4.80. The van der Waals surface area contributed by atoms with Crippen molar-refractivity contribution in [1.82, 2.24) is 14.8 Å². The fourth-order valence-electron chi connectivity index (χ4n) is 2.27. The first-order valence-electron chi connectivity index (χ1n) is 7.16. The Morgan fingerprint density at radius 1 is 1.46 bits per heavy atom. The molecule has 0 saturated heterocycles. The van der Waals surface area contributed by atoms with Gasteiger partial charge in [-0.15, -0.1) is 11.3 Å². The Balaban J connectivity index is 1.89. The molecule has 1 N–H and O–H groups in total. The number of nitrogens with one attached hydrogen (secondary N) is 1. The zero-order valence-electron chi connectivity index (χ0n) is 12.9. The molecule has 2 heterocycles. The summed E-state index contributed by atoms with van der Waals surface area (Å²) in [6.07, 6.45) is 0. The van der Waals surface area contributed by atoms with Crippen molar-refractivity contribution in [3.05, 3.63) is 51.1 Å². The summed E-state index contributed by atoms with van der Waals surface area (Å²) in [5.41, 5.74) is 0.789. The SMILES string of the molecule is Cc1cc(Cl)ccc1OC(=O)C(C)n1c(-c2cccs2)n[nH]c1=S. The molecular formula is C16H14ClN3O2S2. The highest BCUT2D eigenvalue weighted by Gasteiger charge is 2.23. The minimum Gasteiger partial charge on any atom is -0.425 e. The number of carbonyl (C=O) groups excluding carboxylic acids is 1. The molecule has 3 aromatic rings. The van der Waals surface area contributed by atoms with Crippen LogP contribution in [0.15, 0.2) is 35.7 Å². The Morgan fingerprint density at radius 2 is 2.25 bits per heavy atom. The van der Waals surface area contributed by atoms with Crippen LogP contribution < -0.4 is 4.74 Å². The highest BCUT2D eigenvalue weighted by molar-refractivity contribution is 7.71. The number of H-pyrrole nitrogens is 1. The first-order valence-corrected chi connectivity index (χ1v) is 8.82. The standard InChI is InChI=1S/C16H14ClN3O2S2/c1-9-8-11(17)5-6-12(9)22-15(21)10(2)20-14(18-19-16(20)23)13-4-3-7-24-13/h3-8,10H,1-2H3,(H,19,23). The Labute approximate surface area is 152 Å². The molecule has 24 heavy (non-hydrogen) atoms. The van der Waals surface area contributed by atoms with Gasteiger partial charge in [-0.3, -0.25) is 9.67 Å². The summed E-state index contributed by atoms with van der Waals surface area (Å²) in [6.45, 7) is 3.57. The number of nitrogens with zero attached hydrogens (tertiary/aromatic N) is 2. The molecule has 0 saturated carbocycles. The Morgan fingerprint density at radius 3 is 2.92 bits per heavy atom. The summed E-state index contributed by atoms with van der Waals surface area (Å²) in [4.78, 5) is 13.5. The van der Waals surface area contributed by atoms with Crippen molar-refractivity contribution in [2.45, 2.75) is 19.9 Å². The van der Waals surface area contributed by atoms with Gasteiger partial charge >= 0.3 is 5.97 Å². The first-order chi connectivity index (χ1) is 11.5. The van der Waals surface area contributed by atoms with Gasteiger partial charge in [0.15, 0.2) is 10.6 Å². The summed E-state index contributed by atoms with van der Waals surface area (Å²) in [5, 5.41) is 9.51. The summed E-state index contributed by atoms with van der Waals surface area (Å²) >= 11 is 12.7. The van der Waals surface area contributed by atoms with Crippen molar-refractivity contribution < 1.29 is 9.53 Å². The molecule has 124 valence electrons. The van der Waals surface area contributed by atoms with Gasteiger partial charge in [-0.05, 0) is 61.3 Å². The lowest BCUT2D eigenvalue weighted by Gasteiger charge is -2.15. The number of esters is 1. The third-order valence-electron chi connectivity index (χ3n) is 3.52. The number of aromatic nitrogens is 3. The van der Waals surface area contributed by atoms with Crippen molar-refractivity contribution in [1.29, 1.82) is 0 Å². The van der Waals surface area contributed by atoms with E-state index in [4.69, 9.17) is 28.6 Å². The lowest BCUT2D eigenvalue weighted by molar-refractivity contribution is -0.137. The highest BCUT2D eigenvalue weighted by Crippen LogP contribution is 2.27. The Bertz CT molecular complexity index is 931. The number of hydrogen-bond acceptors (Lipinski definition) is 5. The number of benzene rings is 1. The van der Waals surface area contributed by atoms with E-state index in [1.165, 1.54) is 11.3 Å². The molecule has 1 unspecified atom stereocenters. The average molecular weight is 380 g/mol. The Hall–Kier alpha value is -1.96. The quantitative estimate of drug-likeness (QED) is 0.402. The van der Waals surface area contributed by atoms with E-state index < -0.39 is 12.0 Å². The first kappa shape index (κ1) is 16.9. The van der Waals surface area contributed by atoms with Crippen LogP contribution in [0.5, 0.6) is 5.75 Å². The molecule has 0 fully saturated rings. The monoisotopic (exact) mass is 379 g/mol. The van der Waals surface area contributed by atoms with Gasteiger partial charge in [0.2, 0.25) is 0 Å². The van der Waals surface area contributed by atoms with Gasteiger partial charge in [0.1, 0.15) is 11.8 Å². The summed E-state index contributed by atoms with van der Waals surface area (Å²) in [7, 11) is 0. The highest BCUT2D eigenvalue weighted by atomic mass is 35.5. The summed E-state index contributed by atoms with van der Waals surface area (Å²) in [5.74, 6) is 0.673. The maximum absolute atomic E-state index is 12.6. The molecule has 1 aromatic carbocycles. The maximum Gasteiger partial charge on any atom is 0.334 e. The minimum absolute atomic E-state index is 0.371. The molecule has 8 heteroatoms. The van der Waals surface area contributed by atoms with E-state index in [0.29, 0.717) is 21.4 Å². The van der Waals surface area contributed by atoms with Crippen LogP contribution >= 0.6 is 35.2 Å². The van der Waals surface area contributed by atoms with Crippen LogP contribution in [0.2, 0.25) is 5.02 Å². The number of hydrogen-bond donors (Lipinski definition) is 1. The second-order valence-corrected chi connectivity index (χ2v) is 6.98. The number of aryl methyl sites for hydroxylation is 1. The van der Waals surface area contributed by atoms with Crippen LogP contribution in [0.3, 0.4) is 0 Å². The zero-order chi connectivity index (χ0) is 17.3. The van der Waals surface area contributed by atoms with E-state index >= 15 is 0 Å². The molecule has 0 spiro atoms. The smallest absolute Gasteiger partial charge is 0.334 e. The van der Waals surface area contributed by atoms with Gasteiger partial charge in [-0.2, -0.15) is 5.10 Å². The molecule has 2 aromatic heterocycles. The van der Waals surface area contributed by atoms with Gasteiger partial charge in [-0.1, -0.05) is 17.7 Å². The molecule has 1 atom stereocenters. The molecule has 0 radical (unpaired) electrons. The minimum atomic E-state index is -0.622. The fraction of sp³-hybridized carbons (Fsp3) is 0.188. The van der Waals surface area contributed by atoms with Crippen LogP contribution in [0.1, 0.15) is 18.5 Å². The van der Waals surface area contributed by atoms with Crippen LogP contribution in [-0.4, -0.2) is 20.7 Å². The van der Waals surface area contributed by atoms with Crippen LogP contribution in [0, 0.1) is 11.7 Å². The maximum atomic E-state index is 12.6. The van der Waals surface area contributed by atoms with E-state index in [1.54, 1.807) is 29.7 Å². The second-order valence-electron chi connectivity index (χ2n) is 5.21. The van der Waals surface area contributed by atoms with E-state index in [1.807, 2.05) is 24.4 Å². The number of aromatic amines is 1. The summed E-state index contributed by atoms with van der Waals surface area (Å²) < 4.78 is 7.54. The lowest BCUT2D eigenvalue weighted by Crippen LogP contribution is -2.22. The largest absolute Gasteiger partial charge is 0.425 e. The molecule has 3 rings (SSSR count). The molecule has 0 aliphatic carbocycles. The Kier molecular flexibility index (Phi) is 4.84. The van der Waals surface area contributed by atoms with Gasteiger partial charge in [0.05, 0.1) is 4.88 Å². The zero-order valence-corrected chi connectivity index (χ0v) is 15.3. The second kappa shape index (κ2) is 6.88. The van der Waals surface area contributed by atoms with Gasteiger partial charge in [0, 0.05) is 5.02 Å². The topological polar surface area (TPSA) is 59.9 Å². The number of ether oxygens (including phenoxy) is 1. The van der Waals surface area contributed by atoms with Crippen molar-refractivity contribution in [3.63, 3.8) is 0 Å². The normalized spacial score (nSPS) is 12.1.